The molecule has 0 aliphatic carbocycles. The van der Waals surface area contributed by atoms with Gasteiger partial charge >= 0.3 is 0 Å². The molecule has 2 aromatic carbocycles. The van der Waals surface area contributed by atoms with Crippen LogP contribution in [0.4, 0.5) is 5.69 Å². The number of para-hydroxylation sites is 1. The highest BCUT2D eigenvalue weighted by atomic mass is 16.7. The Morgan fingerprint density at radius 1 is 1.09 bits per heavy atom. The Hall–Kier alpha value is -3.66. The number of phenolic OH excluding ortho intramolecular Hbond substituents is 1. The molecule has 0 radical (unpaired) electrons. The average Bonchev–Trinajstić information content (AvgIpc) is 2.85. The number of rotatable bonds is 9. The van der Waals surface area contributed by atoms with Gasteiger partial charge in [-0.2, -0.15) is 0 Å². The maximum Gasteiger partial charge on any atom is 0.290 e. The van der Waals surface area contributed by atoms with Crippen LogP contribution >= 0.6 is 0 Å². The molecule has 34 heavy (non-hydrogen) atoms. The second kappa shape index (κ2) is 11.0. The summed E-state index contributed by atoms with van der Waals surface area (Å²) in [6.45, 7) is 0.512. The molecule has 1 amide bonds. The molecule has 1 aromatic heterocycles. The first-order valence-corrected chi connectivity index (χ1v) is 10.8. The number of benzene rings is 2. The molecule has 1 aliphatic rings. The fourth-order valence-electron chi connectivity index (χ4n) is 3.63. The van der Waals surface area contributed by atoms with Crippen LogP contribution in [0, 0.1) is 0 Å². The van der Waals surface area contributed by atoms with Crippen LogP contribution in [-0.2, 0) is 19.0 Å². The van der Waals surface area contributed by atoms with Crippen LogP contribution in [0.25, 0.3) is 11.0 Å². The van der Waals surface area contributed by atoms with Crippen LogP contribution in [0.5, 0.6) is 5.75 Å². The number of hydrogen-bond donors (Lipinski definition) is 3. The average molecular weight is 467 g/mol. The fourth-order valence-corrected chi connectivity index (χ4v) is 3.63. The summed E-state index contributed by atoms with van der Waals surface area (Å²) in [6, 6.07) is 13.0. The molecular weight excluding hydrogens is 442 g/mol. The van der Waals surface area contributed by atoms with Crippen LogP contribution in [0.2, 0.25) is 0 Å². The predicted molar refractivity (Wildman–Crippen MR) is 123 cm³/mol. The summed E-state index contributed by atoms with van der Waals surface area (Å²) < 4.78 is 22.4. The van der Waals surface area contributed by atoms with Crippen LogP contribution in [0.15, 0.2) is 75.8 Å². The molecule has 0 bridgehead atoms. The van der Waals surface area contributed by atoms with E-state index in [1.165, 1.54) is 18.4 Å². The number of fused-ring (bicyclic) bond motifs is 1. The van der Waals surface area contributed by atoms with Crippen molar-refractivity contribution in [3.8, 4) is 5.75 Å². The van der Waals surface area contributed by atoms with E-state index in [-0.39, 0.29) is 43.4 Å². The molecule has 0 saturated carbocycles. The number of aliphatic hydroxyl groups excluding tert-OH is 1. The summed E-state index contributed by atoms with van der Waals surface area (Å²) in [5, 5.41) is 21.4. The van der Waals surface area contributed by atoms with Gasteiger partial charge in [-0.25, -0.2) is 0 Å². The van der Waals surface area contributed by atoms with Gasteiger partial charge < -0.3 is 34.2 Å². The number of ether oxygens (including phenoxy) is 3. The number of nitrogens with one attached hydrogen (secondary N) is 1. The van der Waals surface area contributed by atoms with Crippen LogP contribution < -0.4 is 10.7 Å². The van der Waals surface area contributed by atoms with Crippen LogP contribution in [0.1, 0.15) is 17.9 Å². The Kier molecular flexibility index (Phi) is 7.58. The van der Waals surface area contributed by atoms with Crippen LogP contribution in [-0.4, -0.2) is 48.8 Å². The minimum Gasteiger partial charge on any atom is -0.508 e. The lowest BCUT2D eigenvalue weighted by molar-refractivity contribution is -0.148. The molecule has 3 N–H and O–H groups in total. The minimum atomic E-state index is -0.806. The highest BCUT2D eigenvalue weighted by Crippen LogP contribution is 2.31. The second-order valence-corrected chi connectivity index (χ2v) is 7.64. The Balaban J connectivity index is 1.58. The Morgan fingerprint density at radius 3 is 2.68 bits per heavy atom. The van der Waals surface area contributed by atoms with Crippen molar-refractivity contribution < 1.29 is 33.6 Å². The van der Waals surface area contributed by atoms with Crippen LogP contribution in [0.3, 0.4) is 0 Å². The number of carbonyl (C=O) groups is 1. The van der Waals surface area contributed by atoms with Gasteiger partial charge in [0.25, 0.3) is 5.91 Å². The van der Waals surface area contributed by atoms with Crippen molar-refractivity contribution in [3.05, 3.63) is 82.4 Å². The molecule has 9 nitrogen and oxygen atoms in total. The molecule has 0 unspecified atom stereocenters. The fraction of sp³-hybridized carbons (Fsp3) is 0.280. The lowest BCUT2D eigenvalue weighted by Gasteiger charge is -2.29. The predicted octanol–water partition coefficient (Wildman–Crippen LogP) is 2.88. The van der Waals surface area contributed by atoms with E-state index in [1.807, 2.05) is 0 Å². The lowest BCUT2D eigenvalue weighted by atomic mass is 9.93. The molecule has 2 atom stereocenters. The van der Waals surface area contributed by atoms with Crippen molar-refractivity contribution in [2.45, 2.75) is 18.6 Å². The zero-order valence-corrected chi connectivity index (χ0v) is 18.3. The number of phenols is 1. The van der Waals surface area contributed by atoms with Crippen molar-refractivity contribution in [1.82, 2.24) is 0 Å². The summed E-state index contributed by atoms with van der Waals surface area (Å²) in [5.74, 6) is -0.937. The molecule has 178 valence electrons. The van der Waals surface area contributed by atoms with Gasteiger partial charge in [0.2, 0.25) is 6.29 Å². The number of anilines is 1. The first-order valence-electron chi connectivity index (χ1n) is 10.8. The lowest BCUT2D eigenvalue weighted by Crippen LogP contribution is -2.31. The third kappa shape index (κ3) is 5.63. The van der Waals surface area contributed by atoms with Gasteiger partial charge in [0.05, 0.1) is 38.1 Å². The number of hydrogen-bond acceptors (Lipinski definition) is 8. The van der Waals surface area contributed by atoms with Gasteiger partial charge in [-0.05, 0) is 42.5 Å². The molecule has 0 saturated heterocycles. The monoisotopic (exact) mass is 467 g/mol. The van der Waals surface area contributed by atoms with Gasteiger partial charge in [0.1, 0.15) is 11.3 Å². The first-order chi connectivity index (χ1) is 16.5. The third-order valence-electron chi connectivity index (χ3n) is 5.28. The number of amides is 1. The summed E-state index contributed by atoms with van der Waals surface area (Å²) in [4.78, 5) is 26.0. The number of aliphatic hydroxyl groups is 1. The summed E-state index contributed by atoms with van der Waals surface area (Å²) in [7, 11) is 0. The molecule has 3 aromatic rings. The zero-order chi connectivity index (χ0) is 23.9. The second-order valence-electron chi connectivity index (χ2n) is 7.64. The van der Waals surface area contributed by atoms with Gasteiger partial charge in [0.15, 0.2) is 11.2 Å². The summed E-state index contributed by atoms with van der Waals surface area (Å²) >= 11 is 0. The van der Waals surface area contributed by atoms with E-state index in [2.05, 4.69) is 5.32 Å². The third-order valence-corrected chi connectivity index (χ3v) is 5.28. The van der Waals surface area contributed by atoms with Crippen molar-refractivity contribution in [3.63, 3.8) is 0 Å². The van der Waals surface area contributed by atoms with Gasteiger partial charge in [-0.1, -0.05) is 12.1 Å². The molecule has 0 spiro atoms. The molecule has 0 fully saturated rings. The van der Waals surface area contributed by atoms with E-state index in [9.17, 15) is 14.7 Å². The summed E-state index contributed by atoms with van der Waals surface area (Å²) in [5.41, 5.74) is 1.15. The molecular formula is C25H25NO8. The highest BCUT2D eigenvalue weighted by molar-refractivity contribution is 6.02. The van der Waals surface area contributed by atoms with Gasteiger partial charge in [-0.15, -0.1) is 0 Å². The molecule has 9 heteroatoms. The number of aromatic hydroxyl groups is 1. The number of carbonyl (C=O) groups excluding carboxylic acids is 1. The minimum absolute atomic E-state index is 0.00170. The van der Waals surface area contributed by atoms with Crippen molar-refractivity contribution >= 4 is 22.6 Å². The van der Waals surface area contributed by atoms with E-state index >= 15 is 0 Å². The van der Waals surface area contributed by atoms with E-state index in [0.29, 0.717) is 28.6 Å². The molecule has 2 heterocycles. The van der Waals surface area contributed by atoms with Crippen molar-refractivity contribution in [2.24, 2.45) is 0 Å². The van der Waals surface area contributed by atoms with E-state index in [0.717, 1.165) is 0 Å². The van der Waals surface area contributed by atoms with Gasteiger partial charge in [0, 0.05) is 23.6 Å². The largest absolute Gasteiger partial charge is 0.508 e. The SMILES string of the molecule is O=C(Nc1ccc(O)cc1)C1=C[C@@H](c2coc3ccccc3c2=O)C[C@@H](OCCOCCO)O1. The first kappa shape index (κ1) is 23.5. The normalized spacial score (nSPS) is 17.7. The Morgan fingerprint density at radius 2 is 1.88 bits per heavy atom. The van der Waals surface area contributed by atoms with E-state index < -0.39 is 18.1 Å². The maximum atomic E-state index is 13.1. The molecule has 4 rings (SSSR count). The van der Waals surface area contributed by atoms with Crippen molar-refractivity contribution in [1.29, 1.82) is 0 Å². The van der Waals surface area contributed by atoms with Gasteiger partial charge in [-0.3, -0.25) is 9.59 Å². The maximum absolute atomic E-state index is 13.1. The highest BCUT2D eigenvalue weighted by Gasteiger charge is 2.30. The standard InChI is InChI=1S/C25H25NO8/c27-9-10-31-11-12-32-23-14-16(20-15-33-21-4-2-1-3-19(21)24(20)29)13-22(34-23)25(30)26-17-5-7-18(28)8-6-17/h1-8,13,15-16,23,27-28H,9-12,14H2,(H,26,30)/t16-,23+/m1/s1. The topological polar surface area (TPSA) is 127 Å². The number of allylic oxidation sites excluding steroid dienone is 1. The van der Waals surface area contributed by atoms with E-state index in [4.69, 9.17) is 23.7 Å². The summed E-state index contributed by atoms with van der Waals surface area (Å²) in [6.07, 6.45) is 2.48. The smallest absolute Gasteiger partial charge is 0.290 e. The van der Waals surface area contributed by atoms with E-state index in [1.54, 1.807) is 42.5 Å². The molecule has 1 aliphatic heterocycles. The zero-order valence-electron chi connectivity index (χ0n) is 18.3. The Bertz CT molecular complexity index is 1220. The quantitative estimate of drug-likeness (QED) is 0.324. The van der Waals surface area contributed by atoms with Crippen molar-refractivity contribution in [2.75, 3.05) is 31.7 Å². The Labute approximate surface area is 195 Å².